The monoisotopic (exact) mass is 613 g/mol. The number of nitrogens with zero attached hydrogens (tertiary/aromatic N) is 1. The Labute approximate surface area is 278 Å². The minimum Gasteiger partial charge on any atom is -0.355 e. The molecule has 0 bridgehead atoms. The van der Waals surface area contributed by atoms with Gasteiger partial charge in [0.25, 0.3) is 0 Å². The minimum atomic E-state index is 0.863. The Morgan fingerprint density at radius 1 is 0.458 bits per heavy atom. The van der Waals surface area contributed by atoms with E-state index in [-0.39, 0.29) is 0 Å². The molecule has 0 fully saturated rings. The molecule has 0 spiro atoms. The molecule has 0 saturated carbocycles. The van der Waals surface area contributed by atoms with Crippen LogP contribution in [-0.2, 0) is 0 Å². The van der Waals surface area contributed by atoms with E-state index in [0.29, 0.717) is 0 Å². The first-order valence-electron chi connectivity index (χ1n) is 16.3. The molecule has 8 aromatic carbocycles. The van der Waals surface area contributed by atoms with Crippen molar-refractivity contribution in [2.24, 2.45) is 0 Å². The van der Waals surface area contributed by atoms with Crippen molar-refractivity contribution in [3.05, 3.63) is 175 Å². The van der Waals surface area contributed by atoms with Crippen LogP contribution in [0, 0.1) is 5.41 Å². The second-order valence-electron chi connectivity index (χ2n) is 12.3. The highest BCUT2D eigenvalue weighted by atomic mass is 15.0. The second-order valence-corrected chi connectivity index (χ2v) is 12.3. The number of fused-ring (bicyclic) bond motifs is 6. The Kier molecular flexibility index (Phi) is 6.62. The zero-order chi connectivity index (χ0) is 32.0. The van der Waals surface area contributed by atoms with Crippen LogP contribution in [0.15, 0.2) is 170 Å². The molecular formula is C45H31N3. The summed E-state index contributed by atoms with van der Waals surface area (Å²) >= 11 is 0. The average molecular weight is 614 g/mol. The predicted octanol–water partition coefficient (Wildman–Crippen LogP) is 12.2. The summed E-state index contributed by atoms with van der Waals surface area (Å²) in [5.74, 6) is 0. The van der Waals surface area contributed by atoms with Crippen molar-refractivity contribution in [2.75, 3.05) is 5.32 Å². The van der Waals surface area contributed by atoms with Gasteiger partial charge >= 0.3 is 0 Å². The topological polar surface area (TPSA) is 40.8 Å². The van der Waals surface area contributed by atoms with Gasteiger partial charge in [0.15, 0.2) is 0 Å². The third-order valence-electron chi connectivity index (χ3n) is 9.42. The van der Waals surface area contributed by atoms with Crippen LogP contribution >= 0.6 is 0 Å². The zero-order valence-corrected chi connectivity index (χ0v) is 26.2. The van der Waals surface area contributed by atoms with Gasteiger partial charge < -0.3 is 15.3 Å². The summed E-state index contributed by atoms with van der Waals surface area (Å²) in [6.45, 7) is 0. The summed E-state index contributed by atoms with van der Waals surface area (Å²) in [6, 6.07) is 60.3. The lowest BCUT2D eigenvalue weighted by molar-refractivity contribution is 1.18. The summed E-state index contributed by atoms with van der Waals surface area (Å²) in [6.07, 6.45) is 1.50. The third kappa shape index (κ3) is 4.64. The van der Waals surface area contributed by atoms with Gasteiger partial charge in [0.05, 0.1) is 11.0 Å². The maximum Gasteiger partial charge on any atom is 0.0549 e. The van der Waals surface area contributed by atoms with Gasteiger partial charge in [-0.25, -0.2) is 0 Å². The van der Waals surface area contributed by atoms with Gasteiger partial charge in [0.1, 0.15) is 0 Å². The van der Waals surface area contributed by atoms with E-state index >= 15 is 0 Å². The molecule has 9 aromatic rings. The molecule has 0 saturated heterocycles. The van der Waals surface area contributed by atoms with Gasteiger partial charge in [-0.1, -0.05) is 115 Å². The maximum atomic E-state index is 8.73. The highest BCUT2D eigenvalue weighted by Gasteiger charge is 2.20. The van der Waals surface area contributed by atoms with E-state index in [9.17, 15) is 0 Å². The normalized spacial score (nSPS) is 11.4. The fraction of sp³-hybridized carbons (Fsp3) is 0. The molecule has 9 rings (SSSR count). The summed E-state index contributed by atoms with van der Waals surface area (Å²) in [5, 5.41) is 19.3. The van der Waals surface area contributed by atoms with E-state index in [1.165, 1.54) is 38.9 Å². The Morgan fingerprint density at radius 3 is 1.77 bits per heavy atom. The van der Waals surface area contributed by atoms with Crippen molar-refractivity contribution in [3.63, 3.8) is 0 Å². The first-order valence-corrected chi connectivity index (χ1v) is 16.3. The van der Waals surface area contributed by atoms with E-state index < -0.39 is 0 Å². The van der Waals surface area contributed by atoms with Gasteiger partial charge in [0.2, 0.25) is 0 Å². The Balaban J connectivity index is 1.40. The van der Waals surface area contributed by atoms with Gasteiger partial charge in [-0.15, -0.1) is 0 Å². The van der Waals surface area contributed by atoms with Gasteiger partial charge in [0, 0.05) is 39.6 Å². The van der Waals surface area contributed by atoms with Crippen LogP contribution in [-0.4, -0.2) is 10.8 Å². The number of aromatic nitrogens is 1. The minimum absolute atomic E-state index is 0.863. The molecule has 0 atom stereocenters. The largest absolute Gasteiger partial charge is 0.355 e. The lowest BCUT2D eigenvalue weighted by Crippen LogP contribution is -1.98. The molecule has 2 N–H and O–H groups in total. The summed E-state index contributed by atoms with van der Waals surface area (Å²) in [4.78, 5) is 0. The highest BCUT2D eigenvalue weighted by molar-refractivity contribution is 6.23. The lowest BCUT2D eigenvalue weighted by Gasteiger charge is -2.15. The van der Waals surface area contributed by atoms with E-state index in [2.05, 4.69) is 162 Å². The molecule has 0 amide bonds. The third-order valence-corrected chi connectivity index (χ3v) is 9.42. The van der Waals surface area contributed by atoms with Gasteiger partial charge in [-0.2, -0.15) is 0 Å². The highest BCUT2D eigenvalue weighted by Crippen LogP contribution is 2.42. The Bertz CT molecular complexity index is 2580. The van der Waals surface area contributed by atoms with E-state index in [4.69, 9.17) is 5.41 Å². The molecule has 226 valence electrons. The number of rotatable bonds is 6. The van der Waals surface area contributed by atoms with Crippen molar-refractivity contribution in [1.29, 1.82) is 5.41 Å². The maximum absolute atomic E-state index is 8.73. The molecule has 3 nitrogen and oxygen atoms in total. The number of anilines is 2. The van der Waals surface area contributed by atoms with Crippen LogP contribution in [0.3, 0.4) is 0 Å². The summed E-state index contributed by atoms with van der Waals surface area (Å²) in [7, 11) is 0. The number of nitrogens with one attached hydrogen (secondary N) is 2. The molecule has 1 aromatic heterocycles. The number of para-hydroxylation sites is 1. The van der Waals surface area contributed by atoms with E-state index in [1.54, 1.807) is 0 Å². The smallest absolute Gasteiger partial charge is 0.0549 e. The Hall–Kier alpha value is -6.45. The number of hydrogen-bond acceptors (Lipinski definition) is 2. The molecule has 3 heteroatoms. The van der Waals surface area contributed by atoms with Gasteiger partial charge in [-0.3, -0.25) is 0 Å². The van der Waals surface area contributed by atoms with E-state index in [1.807, 2.05) is 18.2 Å². The Morgan fingerprint density at radius 2 is 1.08 bits per heavy atom. The van der Waals surface area contributed by atoms with Crippen molar-refractivity contribution in [3.8, 4) is 27.9 Å². The SMILES string of the molecule is N=Cc1c(Nc2ccccc2)ccc2c1c1cc3c(ccc4ccccc43)cc1n2-c1cc(-c2ccccc2)cc(-c2ccccc2)c1. The number of benzene rings is 8. The summed E-state index contributed by atoms with van der Waals surface area (Å²) < 4.78 is 2.39. The van der Waals surface area contributed by atoms with Gasteiger partial charge in [-0.05, 0) is 98.4 Å². The molecule has 48 heavy (non-hydrogen) atoms. The quantitative estimate of drug-likeness (QED) is 0.142. The van der Waals surface area contributed by atoms with Crippen LogP contribution in [0.1, 0.15) is 5.56 Å². The predicted molar refractivity (Wildman–Crippen MR) is 204 cm³/mol. The fourth-order valence-electron chi connectivity index (χ4n) is 7.18. The zero-order valence-electron chi connectivity index (χ0n) is 26.2. The molecule has 1 heterocycles. The first-order chi connectivity index (χ1) is 23.7. The van der Waals surface area contributed by atoms with Crippen molar-refractivity contribution in [1.82, 2.24) is 4.57 Å². The van der Waals surface area contributed by atoms with Crippen LogP contribution in [0.5, 0.6) is 0 Å². The lowest BCUT2D eigenvalue weighted by atomic mass is 9.97. The van der Waals surface area contributed by atoms with Crippen LogP contribution in [0.2, 0.25) is 0 Å². The molecule has 0 aliphatic heterocycles. The summed E-state index contributed by atoms with van der Waals surface area (Å²) in [5.41, 5.74) is 10.7. The van der Waals surface area contributed by atoms with Crippen molar-refractivity contribution in [2.45, 2.75) is 0 Å². The van der Waals surface area contributed by atoms with Crippen molar-refractivity contribution < 1.29 is 0 Å². The standard InChI is InChI=1S/C45H31N3/c46-29-41-42(47-36-17-8-3-9-18-36)22-23-43-45(41)40-28-39-33(21-20-32-16-10-11-19-38(32)39)27-44(40)48(43)37-25-34(30-12-4-1-5-13-30)24-35(26-37)31-14-6-2-7-15-31/h1-29,46-47H. The first kappa shape index (κ1) is 27.8. The van der Waals surface area contributed by atoms with Crippen molar-refractivity contribution >= 4 is 60.9 Å². The van der Waals surface area contributed by atoms with Crippen LogP contribution in [0.25, 0.3) is 71.3 Å². The van der Waals surface area contributed by atoms with Crippen LogP contribution in [0.4, 0.5) is 11.4 Å². The van der Waals surface area contributed by atoms with E-state index in [0.717, 1.165) is 55.6 Å². The molecule has 0 unspecified atom stereocenters. The molecule has 0 aliphatic carbocycles. The number of hydrogen-bond donors (Lipinski definition) is 2. The molecular weight excluding hydrogens is 583 g/mol. The molecule has 0 aliphatic rings. The van der Waals surface area contributed by atoms with Crippen LogP contribution < -0.4 is 5.32 Å². The molecule has 0 radical (unpaired) electrons. The fourth-order valence-corrected chi connectivity index (χ4v) is 7.18. The second kappa shape index (κ2) is 11.4. The average Bonchev–Trinajstić information content (AvgIpc) is 3.48.